The zero-order valence-corrected chi connectivity index (χ0v) is 18.8. The van der Waals surface area contributed by atoms with Gasteiger partial charge in [-0.1, -0.05) is 30.3 Å². The van der Waals surface area contributed by atoms with Crippen LogP contribution in [0.4, 0.5) is 30.2 Å². The number of rotatable bonds is 4. The van der Waals surface area contributed by atoms with E-state index < -0.39 is 11.7 Å². The smallest absolute Gasteiger partial charge is 0.368 e. The van der Waals surface area contributed by atoms with Gasteiger partial charge in [0.25, 0.3) is 5.91 Å². The topological polar surface area (TPSA) is 48.5 Å². The lowest BCUT2D eigenvalue weighted by Gasteiger charge is -2.36. The summed E-state index contributed by atoms with van der Waals surface area (Å²) in [7, 11) is 0. The molecule has 0 spiro atoms. The number of fused-ring (bicyclic) bond motifs is 1. The van der Waals surface area contributed by atoms with E-state index in [0.717, 1.165) is 30.9 Å². The van der Waals surface area contributed by atoms with Crippen LogP contribution in [0.15, 0.2) is 85.1 Å². The standard InChI is InChI=1S/C27H23F3N4O/c28-27(29,30)20-9-10-23-24(11-12-31-25(23)18-20)32-21-6-4-5-19(17-21)26(35)34-15-13-33(14-16-34)22-7-2-1-3-8-22/h1-12,17-18H,13-16H2,(H,31,32). The second-order valence-electron chi connectivity index (χ2n) is 8.41. The van der Waals surface area contributed by atoms with Crippen LogP contribution in [0.3, 0.4) is 0 Å². The van der Waals surface area contributed by atoms with Crippen molar-refractivity contribution in [2.45, 2.75) is 6.18 Å². The fourth-order valence-corrected chi connectivity index (χ4v) is 4.31. The van der Waals surface area contributed by atoms with Crippen molar-refractivity contribution in [3.8, 4) is 0 Å². The third-order valence-corrected chi connectivity index (χ3v) is 6.15. The average molecular weight is 477 g/mol. The Kier molecular flexibility index (Phi) is 6.03. The monoisotopic (exact) mass is 476 g/mol. The van der Waals surface area contributed by atoms with Crippen molar-refractivity contribution in [1.82, 2.24) is 9.88 Å². The number of para-hydroxylation sites is 1. The van der Waals surface area contributed by atoms with E-state index in [4.69, 9.17) is 0 Å². The van der Waals surface area contributed by atoms with Crippen molar-refractivity contribution < 1.29 is 18.0 Å². The molecule has 1 fully saturated rings. The van der Waals surface area contributed by atoms with E-state index in [-0.39, 0.29) is 11.4 Å². The molecule has 1 N–H and O–H groups in total. The third kappa shape index (κ3) is 4.91. The molecule has 0 bridgehead atoms. The molecule has 178 valence electrons. The van der Waals surface area contributed by atoms with Crippen LogP contribution in [-0.2, 0) is 6.18 Å². The number of hydrogen-bond donors (Lipinski definition) is 1. The number of carbonyl (C=O) groups excluding carboxylic acids is 1. The van der Waals surface area contributed by atoms with E-state index in [1.54, 1.807) is 24.3 Å². The van der Waals surface area contributed by atoms with Gasteiger partial charge in [-0.25, -0.2) is 0 Å². The molecule has 0 saturated carbocycles. The van der Waals surface area contributed by atoms with Gasteiger partial charge in [-0.15, -0.1) is 0 Å². The number of nitrogens with zero attached hydrogens (tertiary/aromatic N) is 3. The van der Waals surface area contributed by atoms with Gasteiger partial charge in [-0.05, 0) is 48.5 Å². The molecule has 2 heterocycles. The maximum Gasteiger partial charge on any atom is 0.416 e. The molecule has 35 heavy (non-hydrogen) atoms. The highest BCUT2D eigenvalue weighted by atomic mass is 19.4. The van der Waals surface area contributed by atoms with Gasteiger partial charge in [-0.2, -0.15) is 13.2 Å². The summed E-state index contributed by atoms with van der Waals surface area (Å²) < 4.78 is 39.2. The number of anilines is 3. The molecular formula is C27H23F3N4O. The highest BCUT2D eigenvalue weighted by Crippen LogP contribution is 2.33. The minimum atomic E-state index is -4.43. The molecule has 1 amide bonds. The van der Waals surface area contributed by atoms with Gasteiger partial charge in [0.05, 0.1) is 11.1 Å². The fourth-order valence-electron chi connectivity index (χ4n) is 4.31. The van der Waals surface area contributed by atoms with Crippen LogP contribution in [0.5, 0.6) is 0 Å². The van der Waals surface area contributed by atoms with E-state index >= 15 is 0 Å². The molecule has 5 nitrogen and oxygen atoms in total. The van der Waals surface area contributed by atoms with Crippen molar-refractivity contribution in [3.63, 3.8) is 0 Å². The number of halogens is 3. The summed E-state index contributed by atoms with van der Waals surface area (Å²) >= 11 is 0. The molecule has 3 aromatic carbocycles. The maximum absolute atomic E-state index is 13.2. The zero-order chi connectivity index (χ0) is 24.4. The predicted molar refractivity (Wildman–Crippen MR) is 131 cm³/mol. The van der Waals surface area contributed by atoms with Gasteiger partial charge >= 0.3 is 6.18 Å². The van der Waals surface area contributed by atoms with Crippen molar-refractivity contribution in [1.29, 1.82) is 0 Å². The first-order chi connectivity index (χ1) is 16.9. The Labute approximate surface area is 200 Å². The normalized spacial score (nSPS) is 14.3. The van der Waals surface area contributed by atoms with Crippen LogP contribution in [0.25, 0.3) is 10.9 Å². The number of aromatic nitrogens is 1. The van der Waals surface area contributed by atoms with Gasteiger partial charge in [0.2, 0.25) is 0 Å². The van der Waals surface area contributed by atoms with E-state index in [1.165, 1.54) is 12.3 Å². The van der Waals surface area contributed by atoms with E-state index in [1.807, 2.05) is 29.2 Å². The summed E-state index contributed by atoms with van der Waals surface area (Å²) in [6.07, 6.45) is -2.97. The SMILES string of the molecule is O=C(c1cccc(Nc2ccnc3cc(C(F)(F)F)ccc23)c1)N1CCN(c2ccccc2)CC1. The predicted octanol–water partition coefficient (Wildman–Crippen LogP) is 5.96. The molecule has 4 aromatic rings. The van der Waals surface area contributed by atoms with Crippen LogP contribution in [0, 0.1) is 0 Å². The average Bonchev–Trinajstić information content (AvgIpc) is 2.88. The van der Waals surface area contributed by atoms with E-state index in [9.17, 15) is 18.0 Å². The lowest BCUT2D eigenvalue weighted by Crippen LogP contribution is -2.48. The highest BCUT2D eigenvalue weighted by molar-refractivity contribution is 5.97. The Bertz CT molecular complexity index is 1350. The van der Waals surface area contributed by atoms with Crippen molar-refractivity contribution in [2.75, 3.05) is 36.4 Å². The third-order valence-electron chi connectivity index (χ3n) is 6.15. The molecule has 1 saturated heterocycles. The maximum atomic E-state index is 13.2. The molecule has 5 rings (SSSR count). The number of piperazine rings is 1. The summed E-state index contributed by atoms with van der Waals surface area (Å²) in [5, 5.41) is 3.80. The highest BCUT2D eigenvalue weighted by Gasteiger charge is 2.30. The quantitative estimate of drug-likeness (QED) is 0.395. The summed E-state index contributed by atoms with van der Waals surface area (Å²) in [5.41, 5.74) is 2.50. The molecule has 0 aliphatic carbocycles. The summed E-state index contributed by atoms with van der Waals surface area (Å²) in [6.45, 7) is 2.77. The number of carbonyl (C=O) groups is 1. The van der Waals surface area contributed by atoms with E-state index in [2.05, 4.69) is 27.3 Å². The summed E-state index contributed by atoms with van der Waals surface area (Å²) in [6, 6.07) is 22.5. The lowest BCUT2D eigenvalue weighted by atomic mass is 10.1. The fraction of sp³-hybridized carbons (Fsp3) is 0.185. The molecule has 8 heteroatoms. The first-order valence-corrected chi connectivity index (χ1v) is 11.3. The minimum Gasteiger partial charge on any atom is -0.368 e. The van der Waals surface area contributed by atoms with Crippen LogP contribution < -0.4 is 10.2 Å². The van der Waals surface area contributed by atoms with Crippen LogP contribution in [-0.4, -0.2) is 42.0 Å². The Morgan fingerprint density at radius 3 is 2.37 bits per heavy atom. The van der Waals surface area contributed by atoms with Crippen LogP contribution >= 0.6 is 0 Å². The Balaban J connectivity index is 1.31. The Morgan fingerprint density at radius 2 is 1.63 bits per heavy atom. The summed E-state index contributed by atoms with van der Waals surface area (Å²) in [5.74, 6) is -0.0456. The molecule has 0 atom stereocenters. The number of nitrogens with one attached hydrogen (secondary N) is 1. The van der Waals surface area contributed by atoms with E-state index in [0.29, 0.717) is 35.4 Å². The second-order valence-corrected chi connectivity index (χ2v) is 8.41. The number of hydrogen-bond acceptors (Lipinski definition) is 4. The van der Waals surface area contributed by atoms with Gasteiger partial charge in [0.15, 0.2) is 0 Å². The Morgan fingerprint density at radius 1 is 0.857 bits per heavy atom. The first-order valence-electron chi connectivity index (χ1n) is 11.3. The zero-order valence-electron chi connectivity index (χ0n) is 18.8. The van der Waals surface area contributed by atoms with Gasteiger partial charge in [-0.3, -0.25) is 9.78 Å². The largest absolute Gasteiger partial charge is 0.416 e. The van der Waals surface area contributed by atoms with Crippen LogP contribution in [0.2, 0.25) is 0 Å². The molecule has 1 aliphatic heterocycles. The van der Waals surface area contributed by atoms with Crippen molar-refractivity contribution in [3.05, 3.63) is 96.2 Å². The molecule has 1 aromatic heterocycles. The van der Waals surface area contributed by atoms with Crippen LogP contribution in [0.1, 0.15) is 15.9 Å². The number of pyridine rings is 1. The minimum absolute atomic E-state index is 0.0456. The van der Waals surface area contributed by atoms with Crippen molar-refractivity contribution >= 4 is 33.9 Å². The van der Waals surface area contributed by atoms with Crippen molar-refractivity contribution in [2.24, 2.45) is 0 Å². The Hall–Kier alpha value is -4.07. The number of amides is 1. The molecule has 0 unspecified atom stereocenters. The summed E-state index contributed by atoms with van der Waals surface area (Å²) in [4.78, 5) is 21.4. The van der Waals surface area contributed by atoms with Gasteiger partial charge < -0.3 is 15.1 Å². The van der Waals surface area contributed by atoms with Gasteiger partial charge in [0, 0.05) is 60.4 Å². The number of alkyl halides is 3. The molecular weight excluding hydrogens is 453 g/mol. The second kappa shape index (κ2) is 9.29. The molecule has 0 radical (unpaired) electrons. The first kappa shape index (κ1) is 22.7. The number of benzene rings is 3. The lowest BCUT2D eigenvalue weighted by molar-refractivity contribution is -0.137. The van der Waals surface area contributed by atoms with Gasteiger partial charge in [0.1, 0.15) is 0 Å². The molecule has 1 aliphatic rings.